The smallest absolute Gasteiger partial charge is 0.417 e. The molecule has 40 heavy (non-hydrogen) atoms. The van der Waals surface area contributed by atoms with Crippen LogP contribution in [0.1, 0.15) is 63.4 Å². The van der Waals surface area contributed by atoms with Gasteiger partial charge in [0.1, 0.15) is 5.75 Å². The Morgan fingerprint density at radius 3 is 2.17 bits per heavy atom. The fourth-order valence-electron chi connectivity index (χ4n) is 4.17. The summed E-state index contributed by atoms with van der Waals surface area (Å²) in [5.74, 6) is -0.0943. The van der Waals surface area contributed by atoms with E-state index in [2.05, 4.69) is 15.3 Å². The maximum Gasteiger partial charge on any atom is 0.417 e. The van der Waals surface area contributed by atoms with E-state index in [0.29, 0.717) is 46.9 Å². The molecule has 210 valence electrons. The highest BCUT2D eigenvalue weighted by Gasteiger charge is 2.35. The number of hydrogen-bond donors (Lipinski definition) is 1. The minimum absolute atomic E-state index is 0.0169. The molecular weight excluding hydrogens is 540 g/mol. The standard InChI is InChI=1S/C19H16F3N3O2.C8H7F3N2/c1-11(2)27-17-4-3-12(7-23)5-15(17)18(26)25-9-13-6-14(19(20,21)22)8-24-16(13)10-25;9-8(10,11)6-1-5-2-12-4-7(5)13-3-6/h3-6,8,11H,9-10H2,1-2H3;1,3,12H,2,4H2. The molecule has 2 aromatic heterocycles. The molecule has 0 saturated heterocycles. The molecule has 0 aliphatic carbocycles. The summed E-state index contributed by atoms with van der Waals surface area (Å²) >= 11 is 0. The molecule has 2 aliphatic rings. The van der Waals surface area contributed by atoms with Crippen LogP contribution in [0.15, 0.2) is 42.7 Å². The fourth-order valence-corrected chi connectivity index (χ4v) is 4.17. The lowest BCUT2D eigenvalue weighted by Gasteiger charge is -2.19. The molecule has 0 fully saturated rings. The van der Waals surface area contributed by atoms with Crippen molar-refractivity contribution in [2.75, 3.05) is 0 Å². The lowest BCUT2D eigenvalue weighted by molar-refractivity contribution is -0.138. The molecule has 0 radical (unpaired) electrons. The van der Waals surface area contributed by atoms with E-state index in [1.165, 1.54) is 11.0 Å². The number of carbonyl (C=O) groups is 1. The Kier molecular flexibility index (Phi) is 8.02. The van der Waals surface area contributed by atoms with E-state index in [1.807, 2.05) is 6.07 Å². The van der Waals surface area contributed by atoms with Gasteiger partial charge in [-0.25, -0.2) is 0 Å². The van der Waals surface area contributed by atoms with Gasteiger partial charge < -0.3 is 15.0 Å². The van der Waals surface area contributed by atoms with E-state index in [-0.39, 0.29) is 24.8 Å². The highest BCUT2D eigenvalue weighted by Crippen LogP contribution is 2.33. The summed E-state index contributed by atoms with van der Waals surface area (Å²) in [7, 11) is 0. The Bertz CT molecular complexity index is 1460. The van der Waals surface area contributed by atoms with Crippen LogP contribution in [-0.4, -0.2) is 26.9 Å². The summed E-state index contributed by atoms with van der Waals surface area (Å²) in [5, 5.41) is 12.0. The molecule has 0 saturated carbocycles. The summed E-state index contributed by atoms with van der Waals surface area (Å²) in [6, 6.07) is 8.67. The molecule has 1 N–H and O–H groups in total. The number of halogens is 6. The number of carbonyl (C=O) groups excluding carboxylic acids is 1. The molecular formula is C27H23F6N5O2. The van der Waals surface area contributed by atoms with Gasteiger partial charge in [0.15, 0.2) is 0 Å². The molecule has 0 spiro atoms. The fraction of sp³-hybridized carbons (Fsp3) is 0.333. The van der Waals surface area contributed by atoms with Crippen LogP contribution in [0.25, 0.3) is 0 Å². The monoisotopic (exact) mass is 563 g/mol. The number of fused-ring (bicyclic) bond motifs is 2. The van der Waals surface area contributed by atoms with Crippen LogP contribution < -0.4 is 10.1 Å². The number of pyridine rings is 2. The van der Waals surface area contributed by atoms with Crippen molar-refractivity contribution in [3.63, 3.8) is 0 Å². The second kappa shape index (κ2) is 11.1. The van der Waals surface area contributed by atoms with E-state index in [4.69, 9.17) is 10.00 Å². The first-order chi connectivity index (χ1) is 18.8. The third-order valence-electron chi connectivity index (χ3n) is 6.07. The van der Waals surface area contributed by atoms with Gasteiger partial charge in [-0.3, -0.25) is 14.8 Å². The highest BCUT2D eigenvalue weighted by molar-refractivity contribution is 5.97. The SMILES string of the molecule is CC(C)Oc1ccc(C#N)cc1C(=O)N1Cc2cc(C(F)(F)F)cnc2C1.FC(F)(F)c1cnc2c(c1)CNC2. The summed E-state index contributed by atoms with van der Waals surface area (Å²) in [5.41, 5.74) is 1.14. The van der Waals surface area contributed by atoms with Crippen LogP contribution in [-0.2, 0) is 38.5 Å². The minimum Gasteiger partial charge on any atom is -0.490 e. The van der Waals surface area contributed by atoms with Crippen molar-refractivity contribution in [3.05, 3.63) is 87.5 Å². The van der Waals surface area contributed by atoms with Gasteiger partial charge in [-0.1, -0.05) is 0 Å². The number of nitriles is 1. The predicted molar refractivity (Wildman–Crippen MR) is 130 cm³/mol. The molecule has 4 heterocycles. The molecule has 13 heteroatoms. The van der Waals surface area contributed by atoms with E-state index in [9.17, 15) is 31.1 Å². The molecule has 2 aliphatic heterocycles. The van der Waals surface area contributed by atoms with Crippen LogP contribution in [0.3, 0.4) is 0 Å². The number of nitrogens with zero attached hydrogens (tertiary/aromatic N) is 4. The number of benzene rings is 1. The largest absolute Gasteiger partial charge is 0.490 e. The molecule has 0 bridgehead atoms. The Morgan fingerprint density at radius 2 is 1.57 bits per heavy atom. The van der Waals surface area contributed by atoms with Gasteiger partial charge in [0.2, 0.25) is 0 Å². The Hall–Kier alpha value is -4.18. The second-order valence-electron chi connectivity index (χ2n) is 9.41. The van der Waals surface area contributed by atoms with Gasteiger partial charge in [-0.05, 0) is 55.3 Å². The summed E-state index contributed by atoms with van der Waals surface area (Å²) < 4.78 is 80.8. The maximum absolute atomic E-state index is 13.0. The van der Waals surface area contributed by atoms with Crippen molar-refractivity contribution in [2.24, 2.45) is 0 Å². The van der Waals surface area contributed by atoms with E-state index in [1.54, 1.807) is 26.0 Å². The molecule has 3 aromatic rings. The van der Waals surface area contributed by atoms with E-state index >= 15 is 0 Å². The zero-order valence-corrected chi connectivity index (χ0v) is 21.3. The number of rotatable bonds is 3. The third-order valence-corrected chi connectivity index (χ3v) is 6.07. The van der Waals surface area contributed by atoms with Crippen molar-refractivity contribution < 1.29 is 35.9 Å². The Balaban J connectivity index is 0.000000236. The molecule has 5 rings (SSSR count). The predicted octanol–water partition coefficient (Wildman–Crippen LogP) is 5.62. The number of amides is 1. The molecule has 0 unspecified atom stereocenters. The zero-order valence-electron chi connectivity index (χ0n) is 21.3. The Morgan fingerprint density at radius 1 is 0.950 bits per heavy atom. The zero-order chi connectivity index (χ0) is 29.2. The molecule has 1 aromatic carbocycles. The average Bonchev–Trinajstić information content (AvgIpc) is 3.53. The van der Waals surface area contributed by atoms with Gasteiger partial charge in [0.25, 0.3) is 5.91 Å². The number of hydrogen-bond acceptors (Lipinski definition) is 6. The van der Waals surface area contributed by atoms with Crippen molar-refractivity contribution in [1.82, 2.24) is 20.2 Å². The summed E-state index contributed by atoms with van der Waals surface area (Å²) in [6.45, 7) is 4.77. The lowest BCUT2D eigenvalue weighted by Crippen LogP contribution is -2.26. The summed E-state index contributed by atoms with van der Waals surface area (Å²) in [6.07, 6.45) is -7.30. The van der Waals surface area contributed by atoms with E-state index in [0.717, 1.165) is 24.5 Å². The van der Waals surface area contributed by atoms with E-state index < -0.39 is 29.4 Å². The highest BCUT2D eigenvalue weighted by atomic mass is 19.4. The number of nitrogens with one attached hydrogen (secondary N) is 1. The van der Waals surface area contributed by atoms with Crippen molar-refractivity contribution in [3.8, 4) is 11.8 Å². The number of aromatic nitrogens is 2. The van der Waals surface area contributed by atoms with Gasteiger partial charge >= 0.3 is 12.4 Å². The molecule has 7 nitrogen and oxygen atoms in total. The third kappa shape index (κ3) is 6.51. The maximum atomic E-state index is 13.0. The first-order valence-electron chi connectivity index (χ1n) is 12.1. The quantitative estimate of drug-likeness (QED) is 0.416. The second-order valence-corrected chi connectivity index (χ2v) is 9.41. The average molecular weight is 564 g/mol. The summed E-state index contributed by atoms with van der Waals surface area (Å²) in [4.78, 5) is 21.9. The normalized spacial score (nSPS) is 14.2. The molecule has 0 atom stereocenters. The number of ether oxygens (including phenoxy) is 1. The van der Waals surface area contributed by atoms with Crippen LogP contribution in [0, 0.1) is 11.3 Å². The molecule has 1 amide bonds. The first kappa shape index (κ1) is 28.8. The van der Waals surface area contributed by atoms with Crippen LogP contribution in [0.4, 0.5) is 26.3 Å². The van der Waals surface area contributed by atoms with Gasteiger partial charge in [-0.2, -0.15) is 31.6 Å². The topological polar surface area (TPSA) is 91.1 Å². The van der Waals surface area contributed by atoms with Crippen molar-refractivity contribution in [1.29, 1.82) is 5.26 Å². The Labute approximate surface area is 225 Å². The van der Waals surface area contributed by atoms with Gasteiger partial charge in [-0.15, -0.1) is 0 Å². The lowest BCUT2D eigenvalue weighted by atomic mass is 10.1. The van der Waals surface area contributed by atoms with Crippen LogP contribution in [0.2, 0.25) is 0 Å². The van der Waals surface area contributed by atoms with Gasteiger partial charge in [0.05, 0.1) is 52.4 Å². The number of alkyl halides is 6. The van der Waals surface area contributed by atoms with Gasteiger partial charge in [0, 0.05) is 32.0 Å². The van der Waals surface area contributed by atoms with Crippen molar-refractivity contribution >= 4 is 5.91 Å². The first-order valence-corrected chi connectivity index (χ1v) is 12.1. The van der Waals surface area contributed by atoms with Crippen LogP contribution in [0.5, 0.6) is 5.75 Å². The van der Waals surface area contributed by atoms with Crippen molar-refractivity contribution in [2.45, 2.75) is 58.5 Å². The van der Waals surface area contributed by atoms with Crippen LogP contribution >= 0.6 is 0 Å². The minimum atomic E-state index is -4.49.